The highest BCUT2D eigenvalue weighted by Gasteiger charge is 2.78. The van der Waals surface area contributed by atoms with Crippen molar-refractivity contribution in [3.8, 4) is 0 Å². The van der Waals surface area contributed by atoms with Crippen molar-refractivity contribution in [3.63, 3.8) is 0 Å². The van der Waals surface area contributed by atoms with Gasteiger partial charge in [-0.25, -0.2) is 27.8 Å². The van der Waals surface area contributed by atoms with Crippen molar-refractivity contribution in [3.05, 3.63) is 0 Å². The van der Waals surface area contributed by atoms with Crippen LogP contribution in [0.3, 0.4) is 0 Å². The molecule has 7 nitrogen and oxygen atoms in total. The van der Waals surface area contributed by atoms with Crippen LogP contribution in [0, 0.1) is 0 Å². The molecule has 0 saturated carbocycles. The number of rotatable bonds is 1. The standard InChI is InChI=1S/C5H9N2O5P/c1-6(2)4(8)7(3)5-10-13(9,11-5)12-5/h1-3H3. The Morgan fingerprint density at radius 1 is 1.23 bits per heavy atom. The van der Waals surface area contributed by atoms with Crippen LogP contribution in [-0.4, -0.2) is 43.1 Å². The lowest BCUT2D eigenvalue weighted by molar-refractivity contribution is -0.477. The highest BCUT2D eigenvalue weighted by atomic mass is 31.2. The summed E-state index contributed by atoms with van der Waals surface area (Å²) in [6.07, 6.45) is -1.53. The van der Waals surface area contributed by atoms with Crippen LogP contribution in [0.2, 0.25) is 0 Å². The Kier molecular flexibility index (Phi) is 1.55. The summed E-state index contributed by atoms with van der Waals surface area (Å²) in [4.78, 5) is 13.7. The van der Waals surface area contributed by atoms with Crippen molar-refractivity contribution in [1.29, 1.82) is 0 Å². The lowest BCUT2D eigenvalue weighted by Gasteiger charge is -2.57. The molecule has 13 heavy (non-hydrogen) atoms. The second-order valence-electron chi connectivity index (χ2n) is 2.98. The molecule has 0 aromatic heterocycles. The average molecular weight is 208 g/mol. The molecule has 3 heterocycles. The first-order chi connectivity index (χ1) is 5.89. The van der Waals surface area contributed by atoms with Gasteiger partial charge < -0.3 is 4.90 Å². The summed E-state index contributed by atoms with van der Waals surface area (Å²) in [5.74, 6) is 0. The van der Waals surface area contributed by atoms with E-state index in [1.54, 1.807) is 14.1 Å². The monoisotopic (exact) mass is 208 g/mol. The van der Waals surface area contributed by atoms with Gasteiger partial charge in [0.15, 0.2) is 0 Å². The van der Waals surface area contributed by atoms with E-state index in [2.05, 4.69) is 0 Å². The fraction of sp³-hybridized carbons (Fsp3) is 0.800. The van der Waals surface area contributed by atoms with Gasteiger partial charge in [0.2, 0.25) is 0 Å². The van der Waals surface area contributed by atoms with Crippen LogP contribution in [0.1, 0.15) is 0 Å². The largest absolute Gasteiger partial charge is 0.492 e. The van der Waals surface area contributed by atoms with Crippen molar-refractivity contribution < 1.29 is 22.9 Å². The van der Waals surface area contributed by atoms with Gasteiger partial charge in [0, 0.05) is 21.1 Å². The molecule has 0 aromatic rings. The molecule has 2 bridgehead atoms. The average Bonchev–Trinajstić information content (AvgIpc) is 1.93. The predicted molar refractivity (Wildman–Crippen MR) is 40.4 cm³/mol. The van der Waals surface area contributed by atoms with E-state index < -0.39 is 13.9 Å². The quantitative estimate of drug-likeness (QED) is 0.583. The number of hydrogen-bond donors (Lipinski definition) is 0. The normalized spacial score (nSPS) is 40.2. The zero-order valence-corrected chi connectivity index (χ0v) is 8.28. The molecular weight excluding hydrogens is 199 g/mol. The molecule has 3 aliphatic rings. The second kappa shape index (κ2) is 2.24. The third-order valence-corrected chi connectivity index (χ3v) is 3.12. The number of carbonyl (C=O) groups is 1. The van der Waals surface area contributed by atoms with Gasteiger partial charge in [-0.3, -0.25) is 0 Å². The Hall–Kier alpha value is -0.620. The zero-order valence-electron chi connectivity index (χ0n) is 7.38. The molecule has 0 aromatic carbocycles. The van der Waals surface area contributed by atoms with Gasteiger partial charge in [0.25, 0.3) is 0 Å². The van der Waals surface area contributed by atoms with Gasteiger partial charge in [0.1, 0.15) is 0 Å². The zero-order chi connectivity index (χ0) is 9.85. The summed E-state index contributed by atoms with van der Waals surface area (Å²) in [5, 5.41) is 0. The number of nitrogens with zero attached hydrogens (tertiary/aromatic N) is 2. The van der Waals surface area contributed by atoms with Crippen LogP contribution in [0.4, 0.5) is 4.79 Å². The maximum absolute atomic E-state index is 11.3. The summed E-state index contributed by atoms with van der Waals surface area (Å²) in [5.41, 5.74) is 0. The number of phosphoric ester groups is 1. The Morgan fingerprint density at radius 2 is 1.69 bits per heavy atom. The maximum atomic E-state index is 11.3. The molecule has 0 unspecified atom stereocenters. The first-order valence-electron chi connectivity index (χ1n) is 3.56. The smallest absolute Gasteiger partial charge is 0.331 e. The van der Waals surface area contributed by atoms with E-state index in [1.807, 2.05) is 0 Å². The molecule has 0 spiro atoms. The van der Waals surface area contributed by atoms with Gasteiger partial charge in [-0.05, 0) is 0 Å². The number of amides is 2. The summed E-state index contributed by atoms with van der Waals surface area (Å²) >= 11 is 0. The molecule has 8 heteroatoms. The molecule has 3 aliphatic heterocycles. The van der Waals surface area contributed by atoms with Crippen LogP contribution < -0.4 is 0 Å². The minimum absolute atomic E-state index is 0.356. The summed E-state index contributed by atoms with van der Waals surface area (Å²) in [6, 6.07) is -0.356. The number of carbonyl (C=O) groups excluding carboxylic acids is 1. The summed E-state index contributed by atoms with van der Waals surface area (Å²) < 4.78 is 25.0. The number of hydrogen-bond acceptors (Lipinski definition) is 5. The molecule has 74 valence electrons. The van der Waals surface area contributed by atoms with E-state index in [9.17, 15) is 9.36 Å². The Morgan fingerprint density at radius 3 is 2.00 bits per heavy atom. The van der Waals surface area contributed by atoms with Crippen LogP contribution in [0.5, 0.6) is 0 Å². The minimum atomic E-state index is -3.22. The SMILES string of the molecule is CN(C)C(=O)N(C)C12OP(=O)(O1)O2. The van der Waals surface area contributed by atoms with E-state index in [-0.39, 0.29) is 6.03 Å². The number of urea groups is 1. The predicted octanol–water partition coefficient (Wildman–Crippen LogP) is 0.396. The second-order valence-corrected chi connectivity index (χ2v) is 4.42. The lowest BCUT2D eigenvalue weighted by atomic mass is 10.7. The molecule has 3 rings (SSSR count). The van der Waals surface area contributed by atoms with Crippen LogP contribution in [0.25, 0.3) is 0 Å². The van der Waals surface area contributed by atoms with Crippen molar-refractivity contribution >= 4 is 13.9 Å². The Balaban J connectivity index is 2.04. The van der Waals surface area contributed by atoms with Gasteiger partial charge in [0.05, 0.1) is 0 Å². The highest BCUT2D eigenvalue weighted by molar-refractivity contribution is 7.51. The van der Waals surface area contributed by atoms with E-state index in [0.29, 0.717) is 0 Å². The summed E-state index contributed by atoms with van der Waals surface area (Å²) in [6.45, 7) is 0. The van der Waals surface area contributed by atoms with Crippen LogP contribution >= 0.6 is 7.82 Å². The van der Waals surface area contributed by atoms with E-state index in [4.69, 9.17) is 13.6 Å². The van der Waals surface area contributed by atoms with Gasteiger partial charge in [-0.1, -0.05) is 0 Å². The fourth-order valence-corrected chi connectivity index (χ4v) is 2.30. The molecule has 3 fully saturated rings. The first-order valence-corrected chi connectivity index (χ1v) is 5.02. The van der Waals surface area contributed by atoms with Crippen LogP contribution in [0.15, 0.2) is 0 Å². The minimum Gasteiger partial charge on any atom is -0.331 e. The molecule has 0 atom stereocenters. The van der Waals surface area contributed by atoms with Crippen molar-refractivity contribution in [1.82, 2.24) is 9.80 Å². The first kappa shape index (κ1) is 8.96. The Bertz CT molecular complexity index is 290. The van der Waals surface area contributed by atoms with Crippen molar-refractivity contribution in [2.24, 2.45) is 0 Å². The molecule has 2 amide bonds. The topological polar surface area (TPSA) is 68.3 Å². The fourth-order valence-electron chi connectivity index (χ4n) is 1.05. The van der Waals surface area contributed by atoms with Gasteiger partial charge in [-0.2, -0.15) is 0 Å². The van der Waals surface area contributed by atoms with Crippen molar-refractivity contribution in [2.75, 3.05) is 21.1 Å². The lowest BCUT2D eigenvalue weighted by Crippen LogP contribution is -2.69. The van der Waals surface area contributed by atoms with Gasteiger partial charge in [-0.15, -0.1) is 0 Å². The van der Waals surface area contributed by atoms with Crippen LogP contribution in [-0.2, 0) is 18.1 Å². The van der Waals surface area contributed by atoms with E-state index >= 15 is 0 Å². The third-order valence-electron chi connectivity index (χ3n) is 1.76. The Labute approximate surface area is 74.8 Å². The molecule has 0 aliphatic carbocycles. The third kappa shape index (κ3) is 1.02. The summed E-state index contributed by atoms with van der Waals surface area (Å²) in [7, 11) is 1.36. The highest BCUT2D eigenvalue weighted by Crippen LogP contribution is 2.80. The van der Waals surface area contributed by atoms with Gasteiger partial charge >= 0.3 is 20.0 Å². The van der Waals surface area contributed by atoms with E-state index in [0.717, 1.165) is 4.90 Å². The van der Waals surface area contributed by atoms with E-state index in [1.165, 1.54) is 11.9 Å². The maximum Gasteiger partial charge on any atom is 0.492 e. The molecular formula is C5H9N2O5P. The number of phosphoric acid groups is 1. The molecule has 0 radical (unpaired) electrons. The molecule has 0 N–H and O–H groups in total. The molecule has 3 saturated heterocycles. The van der Waals surface area contributed by atoms with Crippen molar-refractivity contribution in [2.45, 2.75) is 6.10 Å².